The number of halogens is 2. The first kappa shape index (κ1) is 20.8. The third-order valence-electron chi connectivity index (χ3n) is 5.35. The number of ketones is 1. The number of hydrogen-bond donors (Lipinski definition) is 1. The molecule has 1 N–H and O–H groups in total. The van der Waals surface area contributed by atoms with E-state index in [1.807, 2.05) is 18.2 Å². The Hall–Kier alpha value is -1.88. The Kier molecular flexibility index (Phi) is 6.76. The molecule has 6 heteroatoms. The molecule has 2 aromatic rings. The van der Waals surface area contributed by atoms with Crippen molar-refractivity contribution in [2.24, 2.45) is 0 Å². The molecule has 0 radical (unpaired) electrons. The number of carbonyl (C=O) groups is 2. The number of carbonyl (C=O) groups excluding carboxylic acids is 2. The minimum atomic E-state index is -0.336. The summed E-state index contributed by atoms with van der Waals surface area (Å²) in [6.45, 7) is 3.89. The number of nitrogens with one attached hydrogen (secondary N) is 1. The summed E-state index contributed by atoms with van der Waals surface area (Å²) in [6.07, 6.45) is 2.06. The van der Waals surface area contributed by atoms with E-state index in [1.54, 1.807) is 25.1 Å². The smallest absolute Gasteiger partial charge is 0.217 e. The summed E-state index contributed by atoms with van der Waals surface area (Å²) in [5, 5.41) is 4.02. The van der Waals surface area contributed by atoms with E-state index in [2.05, 4.69) is 22.3 Å². The quantitative estimate of drug-likeness (QED) is 0.691. The molecule has 3 rings (SSSR count). The number of Topliss-reactive ketones (excluding diaryl/α,β-unsaturated/α-hetero) is 1. The van der Waals surface area contributed by atoms with Crippen molar-refractivity contribution in [1.82, 2.24) is 10.2 Å². The molecule has 148 valence electrons. The molecule has 28 heavy (non-hydrogen) atoms. The van der Waals surface area contributed by atoms with Gasteiger partial charge in [0.1, 0.15) is 0 Å². The standard InChI is InChI=1S/C22H24Cl2N2O2/c1-16(27)25-22(18-5-3-2-4-6-18)10-13-26(14-11-22)12-9-21(28)17-7-8-19(23)20(24)15-17/h2-8,15H,9-14H2,1H3,(H,25,27). The number of rotatable bonds is 6. The Bertz CT molecular complexity index is 847. The Morgan fingerprint density at radius 3 is 2.32 bits per heavy atom. The molecule has 1 saturated heterocycles. The lowest BCUT2D eigenvalue weighted by atomic mass is 9.80. The summed E-state index contributed by atoms with van der Waals surface area (Å²) in [4.78, 5) is 26.5. The fraction of sp³-hybridized carbons (Fsp3) is 0.364. The van der Waals surface area contributed by atoms with Crippen LogP contribution in [0, 0.1) is 0 Å². The maximum absolute atomic E-state index is 12.5. The summed E-state index contributed by atoms with van der Waals surface area (Å²) in [6, 6.07) is 15.1. The molecular formula is C22H24Cl2N2O2. The molecule has 0 bridgehead atoms. The molecular weight excluding hydrogens is 395 g/mol. The van der Waals surface area contributed by atoms with Crippen LogP contribution < -0.4 is 5.32 Å². The van der Waals surface area contributed by atoms with Crippen LogP contribution in [-0.4, -0.2) is 36.2 Å². The minimum absolute atomic E-state index is 0.0212. The zero-order chi connectivity index (χ0) is 20.1. The topological polar surface area (TPSA) is 49.4 Å². The Balaban J connectivity index is 1.60. The van der Waals surface area contributed by atoms with Gasteiger partial charge in [0.25, 0.3) is 0 Å². The number of benzene rings is 2. The third kappa shape index (κ3) is 4.93. The fourth-order valence-corrected chi connectivity index (χ4v) is 4.11. The first-order valence-electron chi connectivity index (χ1n) is 9.44. The van der Waals surface area contributed by atoms with Crippen LogP contribution in [0.1, 0.15) is 42.1 Å². The van der Waals surface area contributed by atoms with Gasteiger partial charge in [-0.15, -0.1) is 0 Å². The van der Waals surface area contributed by atoms with Crippen molar-refractivity contribution in [2.75, 3.05) is 19.6 Å². The van der Waals surface area contributed by atoms with Crippen LogP contribution in [0.5, 0.6) is 0 Å². The van der Waals surface area contributed by atoms with E-state index in [-0.39, 0.29) is 17.2 Å². The van der Waals surface area contributed by atoms with Gasteiger partial charge in [0, 0.05) is 38.5 Å². The van der Waals surface area contributed by atoms with E-state index in [4.69, 9.17) is 23.2 Å². The van der Waals surface area contributed by atoms with Gasteiger partial charge in [0.2, 0.25) is 5.91 Å². The summed E-state index contributed by atoms with van der Waals surface area (Å²) in [5.41, 5.74) is 1.39. The number of nitrogens with zero attached hydrogens (tertiary/aromatic N) is 1. The van der Waals surface area contributed by atoms with Crippen LogP contribution in [0.15, 0.2) is 48.5 Å². The van der Waals surface area contributed by atoms with Crippen molar-refractivity contribution in [2.45, 2.75) is 31.7 Å². The lowest BCUT2D eigenvalue weighted by Crippen LogP contribution is -2.52. The highest BCUT2D eigenvalue weighted by Crippen LogP contribution is 2.33. The van der Waals surface area contributed by atoms with Crippen molar-refractivity contribution >= 4 is 34.9 Å². The monoisotopic (exact) mass is 418 g/mol. The molecule has 4 nitrogen and oxygen atoms in total. The second-order valence-corrected chi connectivity index (χ2v) is 8.09. The third-order valence-corrected chi connectivity index (χ3v) is 6.09. The van der Waals surface area contributed by atoms with Crippen LogP contribution in [-0.2, 0) is 10.3 Å². The van der Waals surface area contributed by atoms with E-state index in [0.717, 1.165) is 31.5 Å². The van der Waals surface area contributed by atoms with Crippen molar-refractivity contribution in [3.8, 4) is 0 Å². The van der Waals surface area contributed by atoms with Gasteiger partial charge in [0.05, 0.1) is 15.6 Å². The van der Waals surface area contributed by atoms with Crippen LogP contribution in [0.2, 0.25) is 10.0 Å². The SMILES string of the molecule is CC(=O)NC1(c2ccccc2)CCN(CCC(=O)c2ccc(Cl)c(Cl)c2)CC1. The largest absolute Gasteiger partial charge is 0.347 e. The highest BCUT2D eigenvalue weighted by molar-refractivity contribution is 6.42. The summed E-state index contributed by atoms with van der Waals surface area (Å²) >= 11 is 11.9. The van der Waals surface area contributed by atoms with E-state index < -0.39 is 0 Å². The molecule has 0 atom stereocenters. The number of amides is 1. The molecule has 1 aliphatic heterocycles. The van der Waals surface area contributed by atoms with Gasteiger partial charge in [-0.25, -0.2) is 0 Å². The maximum atomic E-state index is 12.5. The summed E-state index contributed by atoms with van der Waals surface area (Å²) in [5.74, 6) is 0.0346. The van der Waals surface area contributed by atoms with Crippen molar-refractivity contribution in [3.05, 3.63) is 69.7 Å². The van der Waals surface area contributed by atoms with E-state index in [1.165, 1.54) is 0 Å². The van der Waals surface area contributed by atoms with Crippen molar-refractivity contribution < 1.29 is 9.59 Å². The van der Waals surface area contributed by atoms with Gasteiger partial charge in [-0.3, -0.25) is 9.59 Å². The normalized spacial score (nSPS) is 16.5. The lowest BCUT2D eigenvalue weighted by Gasteiger charge is -2.42. The van der Waals surface area contributed by atoms with Crippen molar-refractivity contribution in [3.63, 3.8) is 0 Å². The van der Waals surface area contributed by atoms with Crippen LogP contribution in [0.4, 0.5) is 0 Å². The number of likely N-dealkylation sites (tertiary alicyclic amines) is 1. The second-order valence-electron chi connectivity index (χ2n) is 7.27. The lowest BCUT2D eigenvalue weighted by molar-refractivity contribution is -0.121. The first-order valence-corrected chi connectivity index (χ1v) is 10.2. The Morgan fingerprint density at radius 2 is 1.71 bits per heavy atom. The molecule has 0 saturated carbocycles. The summed E-state index contributed by atoms with van der Waals surface area (Å²) < 4.78 is 0. The molecule has 1 heterocycles. The number of hydrogen-bond acceptors (Lipinski definition) is 3. The highest BCUT2D eigenvalue weighted by atomic mass is 35.5. The predicted octanol–water partition coefficient (Wildman–Crippen LogP) is 4.69. The van der Waals surface area contributed by atoms with E-state index in [0.29, 0.717) is 28.6 Å². The molecule has 2 aromatic carbocycles. The molecule has 0 unspecified atom stereocenters. The zero-order valence-electron chi connectivity index (χ0n) is 15.9. The van der Waals surface area contributed by atoms with E-state index >= 15 is 0 Å². The Morgan fingerprint density at radius 1 is 1.04 bits per heavy atom. The summed E-state index contributed by atoms with van der Waals surface area (Å²) in [7, 11) is 0. The maximum Gasteiger partial charge on any atom is 0.217 e. The fourth-order valence-electron chi connectivity index (χ4n) is 3.81. The average molecular weight is 419 g/mol. The van der Waals surface area contributed by atoms with Gasteiger partial charge >= 0.3 is 0 Å². The van der Waals surface area contributed by atoms with Crippen LogP contribution >= 0.6 is 23.2 Å². The molecule has 0 spiro atoms. The van der Waals surface area contributed by atoms with Gasteiger partial charge in [-0.05, 0) is 36.6 Å². The zero-order valence-corrected chi connectivity index (χ0v) is 17.4. The Labute approximate surface area is 175 Å². The molecule has 1 fully saturated rings. The average Bonchev–Trinajstić information content (AvgIpc) is 2.69. The second kappa shape index (κ2) is 9.08. The highest BCUT2D eigenvalue weighted by Gasteiger charge is 2.36. The first-order chi connectivity index (χ1) is 13.4. The van der Waals surface area contributed by atoms with Gasteiger partial charge in [-0.1, -0.05) is 53.5 Å². The molecule has 1 amide bonds. The van der Waals surface area contributed by atoms with Gasteiger partial charge in [0.15, 0.2) is 5.78 Å². The molecule has 1 aliphatic rings. The molecule has 0 aliphatic carbocycles. The minimum Gasteiger partial charge on any atom is -0.347 e. The van der Waals surface area contributed by atoms with Gasteiger partial charge < -0.3 is 10.2 Å². The van der Waals surface area contributed by atoms with Crippen LogP contribution in [0.25, 0.3) is 0 Å². The number of piperidine rings is 1. The predicted molar refractivity (Wildman–Crippen MR) is 113 cm³/mol. The van der Waals surface area contributed by atoms with E-state index in [9.17, 15) is 9.59 Å². The van der Waals surface area contributed by atoms with Gasteiger partial charge in [-0.2, -0.15) is 0 Å². The molecule has 0 aromatic heterocycles. The van der Waals surface area contributed by atoms with Crippen LogP contribution in [0.3, 0.4) is 0 Å². The van der Waals surface area contributed by atoms with Crippen molar-refractivity contribution in [1.29, 1.82) is 0 Å².